The molecule has 2 atom stereocenters. The molecule has 7 N–H and O–H groups in total. The molecule has 0 rings (SSSR count). The SMILES string of the molecule is CCCCCCCCCCCC/C=C/[C@@H](O)[C@H](COC(=O)NCCCNCCCCNCCCN)NC(=O)CCCCCCCCCCCCCCCCC. The summed E-state index contributed by atoms with van der Waals surface area (Å²) in [5.74, 6) is -0.0942. The Labute approximate surface area is 340 Å². The van der Waals surface area contributed by atoms with E-state index in [1.54, 1.807) is 6.08 Å². The van der Waals surface area contributed by atoms with Crippen molar-refractivity contribution in [3.8, 4) is 0 Å². The molecule has 2 amide bonds. The zero-order valence-corrected chi connectivity index (χ0v) is 36.4. The highest BCUT2D eigenvalue weighted by atomic mass is 16.5. The van der Waals surface area contributed by atoms with E-state index in [0.717, 1.165) is 90.5 Å². The number of alkyl carbamates (subject to hydrolysis) is 1. The predicted octanol–water partition coefficient (Wildman–Crippen LogP) is 10.4. The Morgan fingerprint density at radius 1 is 0.564 bits per heavy atom. The highest BCUT2D eigenvalue weighted by Gasteiger charge is 2.21. The summed E-state index contributed by atoms with van der Waals surface area (Å²) in [6, 6.07) is -0.676. The lowest BCUT2D eigenvalue weighted by Gasteiger charge is -2.22. The van der Waals surface area contributed by atoms with E-state index in [1.165, 1.54) is 135 Å². The highest BCUT2D eigenvalue weighted by Crippen LogP contribution is 2.15. The Bertz CT molecular complexity index is 830. The maximum atomic E-state index is 12.9. The van der Waals surface area contributed by atoms with E-state index < -0.39 is 18.2 Å². The summed E-state index contributed by atoms with van der Waals surface area (Å²) in [6.07, 6.45) is 39.9. The summed E-state index contributed by atoms with van der Waals surface area (Å²) < 4.78 is 5.48. The number of carbonyl (C=O) groups is 2. The van der Waals surface area contributed by atoms with Crippen LogP contribution in [0.4, 0.5) is 4.79 Å². The lowest BCUT2D eigenvalue weighted by Crippen LogP contribution is -2.46. The maximum absolute atomic E-state index is 12.9. The summed E-state index contributed by atoms with van der Waals surface area (Å²) in [6.45, 7) is 9.46. The Morgan fingerprint density at radius 2 is 1.00 bits per heavy atom. The number of hydrogen-bond acceptors (Lipinski definition) is 7. The van der Waals surface area contributed by atoms with Crippen LogP contribution in [0.2, 0.25) is 0 Å². The number of allylic oxidation sites excluding steroid dienone is 1. The third-order valence-electron chi connectivity index (χ3n) is 10.5. The number of aliphatic hydroxyl groups excluding tert-OH is 1. The molecule has 0 radical (unpaired) electrons. The molecule has 0 aromatic carbocycles. The average molecular weight is 780 g/mol. The molecule has 0 heterocycles. The number of rotatable bonds is 44. The fourth-order valence-electron chi connectivity index (χ4n) is 6.88. The van der Waals surface area contributed by atoms with Crippen molar-refractivity contribution in [2.45, 2.75) is 225 Å². The van der Waals surface area contributed by atoms with Gasteiger partial charge in [-0.05, 0) is 77.7 Å². The van der Waals surface area contributed by atoms with Gasteiger partial charge in [-0.3, -0.25) is 4.79 Å². The van der Waals surface area contributed by atoms with Crippen molar-refractivity contribution in [2.75, 3.05) is 45.9 Å². The molecule has 9 nitrogen and oxygen atoms in total. The molecule has 0 aromatic heterocycles. The molecule has 326 valence electrons. The van der Waals surface area contributed by atoms with Gasteiger partial charge in [-0.1, -0.05) is 174 Å². The van der Waals surface area contributed by atoms with Crippen molar-refractivity contribution in [1.29, 1.82) is 0 Å². The maximum Gasteiger partial charge on any atom is 0.407 e. The van der Waals surface area contributed by atoms with Gasteiger partial charge in [0, 0.05) is 13.0 Å². The minimum absolute atomic E-state index is 0.0717. The van der Waals surface area contributed by atoms with Crippen LogP contribution in [-0.4, -0.2) is 75.1 Å². The molecular formula is C46H93N5O4. The molecule has 0 bridgehead atoms. The third kappa shape index (κ3) is 41.8. The largest absolute Gasteiger partial charge is 0.447 e. The van der Waals surface area contributed by atoms with E-state index in [2.05, 4.69) is 35.1 Å². The second-order valence-electron chi connectivity index (χ2n) is 16.0. The molecule has 55 heavy (non-hydrogen) atoms. The quantitative estimate of drug-likeness (QED) is 0.0267. The number of amides is 2. The van der Waals surface area contributed by atoms with Crippen molar-refractivity contribution < 1.29 is 19.4 Å². The van der Waals surface area contributed by atoms with E-state index in [-0.39, 0.29) is 12.5 Å². The predicted molar refractivity (Wildman–Crippen MR) is 236 cm³/mol. The third-order valence-corrected chi connectivity index (χ3v) is 10.5. The lowest BCUT2D eigenvalue weighted by molar-refractivity contribution is -0.123. The number of hydrogen-bond donors (Lipinski definition) is 6. The molecular weight excluding hydrogens is 687 g/mol. The van der Waals surface area contributed by atoms with Crippen LogP contribution in [0, 0.1) is 0 Å². The van der Waals surface area contributed by atoms with Crippen LogP contribution < -0.4 is 27.0 Å². The first-order valence-electron chi connectivity index (χ1n) is 23.7. The number of nitrogens with two attached hydrogens (primary N) is 1. The average Bonchev–Trinajstić information content (AvgIpc) is 3.18. The van der Waals surface area contributed by atoms with Crippen LogP contribution in [0.25, 0.3) is 0 Å². The molecule has 0 aliphatic rings. The number of unbranched alkanes of at least 4 members (excludes halogenated alkanes) is 25. The minimum Gasteiger partial charge on any atom is -0.447 e. The topological polar surface area (TPSA) is 138 Å². The van der Waals surface area contributed by atoms with E-state index in [4.69, 9.17) is 10.5 Å². The number of aliphatic hydroxyl groups is 1. The zero-order valence-electron chi connectivity index (χ0n) is 36.4. The van der Waals surface area contributed by atoms with Gasteiger partial charge >= 0.3 is 6.09 Å². The second kappa shape index (κ2) is 45.0. The molecule has 9 heteroatoms. The monoisotopic (exact) mass is 780 g/mol. The first-order chi connectivity index (χ1) is 27.0. The Balaban J connectivity index is 4.37. The summed E-state index contributed by atoms with van der Waals surface area (Å²) >= 11 is 0. The van der Waals surface area contributed by atoms with Gasteiger partial charge in [-0.15, -0.1) is 0 Å². The van der Waals surface area contributed by atoms with Crippen LogP contribution in [0.5, 0.6) is 0 Å². The zero-order chi connectivity index (χ0) is 40.1. The van der Waals surface area contributed by atoms with E-state index in [0.29, 0.717) is 13.0 Å². The molecule has 0 spiro atoms. The summed E-state index contributed by atoms with van der Waals surface area (Å²) in [4.78, 5) is 25.4. The highest BCUT2D eigenvalue weighted by molar-refractivity contribution is 5.76. The number of carbonyl (C=O) groups excluding carboxylic acids is 2. The second-order valence-corrected chi connectivity index (χ2v) is 16.0. The van der Waals surface area contributed by atoms with Crippen LogP contribution in [0.3, 0.4) is 0 Å². The molecule has 0 fully saturated rings. The van der Waals surface area contributed by atoms with E-state index in [9.17, 15) is 14.7 Å². The summed E-state index contributed by atoms with van der Waals surface area (Å²) in [7, 11) is 0. The van der Waals surface area contributed by atoms with Crippen molar-refractivity contribution >= 4 is 12.0 Å². The molecule has 0 saturated heterocycles. The summed E-state index contributed by atoms with van der Waals surface area (Å²) in [5.41, 5.74) is 5.51. The van der Waals surface area contributed by atoms with E-state index >= 15 is 0 Å². The Kier molecular flexibility index (Phi) is 43.7. The van der Waals surface area contributed by atoms with Crippen LogP contribution in [0.1, 0.15) is 213 Å². The fraction of sp³-hybridized carbons (Fsp3) is 0.913. The Hall–Kier alpha value is -1.68. The first kappa shape index (κ1) is 53.3. The van der Waals surface area contributed by atoms with E-state index in [1.807, 2.05) is 6.08 Å². The molecule has 0 unspecified atom stereocenters. The minimum atomic E-state index is -0.916. The van der Waals surface area contributed by atoms with Gasteiger partial charge in [0.1, 0.15) is 6.61 Å². The smallest absolute Gasteiger partial charge is 0.407 e. The van der Waals surface area contributed by atoms with Crippen LogP contribution >= 0.6 is 0 Å². The van der Waals surface area contributed by atoms with Gasteiger partial charge in [0.05, 0.1) is 12.1 Å². The standard InChI is InChI=1S/C46H93N5O4/c1-3-5-7-9-11-13-15-17-18-19-21-23-25-27-29-35-45(53)51-43(44(52)34-28-26-24-22-20-16-14-12-10-8-6-4-2)42-55-46(54)50-41-33-40-49-38-31-30-37-48-39-32-36-47/h28,34,43-44,48-49,52H,3-27,29-33,35-42,47H2,1-2H3,(H,50,54)(H,51,53)/b34-28+/t43-,44+/m0/s1. The lowest BCUT2D eigenvalue weighted by atomic mass is 10.0. The molecule has 0 aromatic rings. The number of ether oxygens (including phenoxy) is 1. The normalized spacial score (nSPS) is 12.7. The van der Waals surface area contributed by atoms with Gasteiger partial charge in [0.25, 0.3) is 0 Å². The van der Waals surface area contributed by atoms with Crippen molar-refractivity contribution in [2.24, 2.45) is 5.73 Å². The molecule has 0 aliphatic carbocycles. The Morgan fingerprint density at radius 3 is 1.49 bits per heavy atom. The van der Waals surface area contributed by atoms with Crippen LogP contribution in [-0.2, 0) is 9.53 Å². The van der Waals surface area contributed by atoms with Crippen molar-refractivity contribution in [1.82, 2.24) is 21.3 Å². The summed E-state index contributed by atoms with van der Waals surface area (Å²) in [5, 5.41) is 23.6. The van der Waals surface area contributed by atoms with Gasteiger partial charge in [0.15, 0.2) is 0 Å². The number of nitrogens with one attached hydrogen (secondary N) is 4. The van der Waals surface area contributed by atoms with Gasteiger partial charge < -0.3 is 36.8 Å². The van der Waals surface area contributed by atoms with Gasteiger partial charge in [0.2, 0.25) is 5.91 Å². The molecule has 0 aliphatic heterocycles. The van der Waals surface area contributed by atoms with Crippen molar-refractivity contribution in [3.05, 3.63) is 12.2 Å². The molecule has 0 saturated carbocycles. The van der Waals surface area contributed by atoms with Gasteiger partial charge in [-0.2, -0.15) is 0 Å². The van der Waals surface area contributed by atoms with Gasteiger partial charge in [-0.25, -0.2) is 4.79 Å². The van der Waals surface area contributed by atoms with Crippen molar-refractivity contribution in [3.63, 3.8) is 0 Å². The fourth-order valence-corrected chi connectivity index (χ4v) is 6.88. The first-order valence-corrected chi connectivity index (χ1v) is 23.7. The van der Waals surface area contributed by atoms with Crippen LogP contribution in [0.15, 0.2) is 12.2 Å².